The van der Waals surface area contributed by atoms with Crippen LogP contribution in [-0.4, -0.2) is 11.9 Å². The summed E-state index contributed by atoms with van der Waals surface area (Å²) in [6.45, 7) is 3.69. The first kappa shape index (κ1) is 14.5. The van der Waals surface area contributed by atoms with Gasteiger partial charge in [-0.1, -0.05) is 13.8 Å². The summed E-state index contributed by atoms with van der Waals surface area (Å²) in [4.78, 5) is 11.5. The van der Waals surface area contributed by atoms with Crippen LogP contribution in [0.25, 0.3) is 0 Å². The number of rotatable bonds is 4. The molecule has 6 heteroatoms. The van der Waals surface area contributed by atoms with Gasteiger partial charge in [-0.15, -0.1) is 0 Å². The van der Waals surface area contributed by atoms with Crippen molar-refractivity contribution in [1.29, 1.82) is 0 Å². The maximum atomic E-state index is 13.2. The first-order chi connectivity index (χ1) is 8.31. The number of carbonyl (C=O) groups excluding carboxylic acids is 1. The molecule has 0 heterocycles. The molecule has 0 aliphatic rings. The van der Waals surface area contributed by atoms with E-state index in [2.05, 4.69) is 5.32 Å². The van der Waals surface area contributed by atoms with Gasteiger partial charge in [0.25, 0.3) is 0 Å². The molecule has 100 valence electrons. The molecule has 1 aromatic carbocycles. The van der Waals surface area contributed by atoms with Gasteiger partial charge in [0.1, 0.15) is 5.82 Å². The minimum atomic E-state index is -1.30. The van der Waals surface area contributed by atoms with Crippen LogP contribution in [0.15, 0.2) is 12.1 Å². The second-order valence-electron chi connectivity index (χ2n) is 4.41. The Kier molecular flexibility index (Phi) is 4.72. The summed E-state index contributed by atoms with van der Waals surface area (Å²) in [6.07, 6.45) is -0.0178. The molecule has 0 radical (unpaired) electrons. The number of nitrogens with two attached hydrogens (primary N) is 1. The highest BCUT2D eigenvalue weighted by atomic mass is 19.2. The van der Waals surface area contributed by atoms with Crippen molar-refractivity contribution >= 4 is 11.6 Å². The molecule has 1 aromatic rings. The van der Waals surface area contributed by atoms with Gasteiger partial charge in [-0.2, -0.15) is 0 Å². The molecule has 0 saturated carbocycles. The molecule has 0 aliphatic heterocycles. The zero-order chi connectivity index (χ0) is 13.9. The van der Waals surface area contributed by atoms with E-state index in [1.807, 2.05) is 13.8 Å². The number of anilines is 1. The Balaban J connectivity index is 2.73. The van der Waals surface area contributed by atoms with Crippen LogP contribution in [0.4, 0.5) is 18.9 Å². The Hall–Kier alpha value is -1.56. The van der Waals surface area contributed by atoms with Crippen molar-refractivity contribution < 1.29 is 18.0 Å². The second kappa shape index (κ2) is 5.86. The Morgan fingerprint density at radius 2 is 1.78 bits per heavy atom. The van der Waals surface area contributed by atoms with Crippen LogP contribution < -0.4 is 11.1 Å². The van der Waals surface area contributed by atoms with Crippen molar-refractivity contribution in [2.24, 2.45) is 11.7 Å². The van der Waals surface area contributed by atoms with Gasteiger partial charge in [0.05, 0.1) is 5.69 Å². The molecule has 0 aliphatic carbocycles. The summed E-state index contributed by atoms with van der Waals surface area (Å²) >= 11 is 0. The smallest absolute Gasteiger partial charge is 0.226 e. The summed E-state index contributed by atoms with van der Waals surface area (Å²) in [6, 6.07) is 0.606. The SMILES string of the molecule is CC(C)C(N)CC(=O)Nc1cc(F)c(F)cc1F. The first-order valence-electron chi connectivity index (χ1n) is 5.51. The second-order valence-corrected chi connectivity index (χ2v) is 4.41. The summed E-state index contributed by atoms with van der Waals surface area (Å²) in [5, 5.41) is 2.16. The van der Waals surface area contributed by atoms with Crippen LogP contribution in [0.5, 0.6) is 0 Å². The van der Waals surface area contributed by atoms with Crippen LogP contribution in [0.3, 0.4) is 0 Å². The standard InChI is InChI=1S/C12H15F3N2O/c1-6(2)10(16)5-12(18)17-11-4-8(14)7(13)3-9(11)15/h3-4,6,10H,5,16H2,1-2H3,(H,17,18). The van der Waals surface area contributed by atoms with Gasteiger partial charge in [-0.05, 0) is 5.92 Å². The third-order valence-electron chi connectivity index (χ3n) is 2.56. The topological polar surface area (TPSA) is 55.1 Å². The van der Waals surface area contributed by atoms with Gasteiger partial charge in [0, 0.05) is 24.6 Å². The lowest BCUT2D eigenvalue weighted by atomic mass is 10.0. The zero-order valence-corrected chi connectivity index (χ0v) is 10.1. The molecular weight excluding hydrogens is 245 g/mol. The maximum absolute atomic E-state index is 13.2. The molecule has 0 saturated heterocycles. The Morgan fingerprint density at radius 3 is 2.33 bits per heavy atom. The third-order valence-corrected chi connectivity index (χ3v) is 2.56. The first-order valence-corrected chi connectivity index (χ1v) is 5.51. The van der Waals surface area contributed by atoms with Crippen molar-refractivity contribution in [2.45, 2.75) is 26.3 Å². The van der Waals surface area contributed by atoms with Crippen molar-refractivity contribution in [2.75, 3.05) is 5.32 Å². The summed E-state index contributed by atoms with van der Waals surface area (Å²) < 4.78 is 38.8. The molecule has 1 atom stereocenters. The highest BCUT2D eigenvalue weighted by molar-refractivity contribution is 5.91. The fraction of sp³-hybridized carbons (Fsp3) is 0.417. The number of benzene rings is 1. The molecule has 3 nitrogen and oxygen atoms in total. The van der Waals surface area contributed by atoms with Gasteiger partial charge < -0.3 is 11.1 Å². The van der Waals surface area contributed by atoms with Crippen LogP contribution in [0.1, 0.15) is 20.3 Å². The van der Waals surface area contributed by atoms with Crippen LogP contribution >= 0.6 is 0 Å². The van der Waals surface area contributed by atoms with Crippen molar-refractivity contribution in [3.8, 4) is 0 Å². The molecule has 1 amide bonds. The van der Waals surface area contributed by atoms with Crippen molar-refractivity contribution in [3.05, 3.63) is 29.6 Å². The van der Waals surface area contributed by atoms with Crippen LogP contribution in [0, 0.1) is 23.4 Å². The number of hydrogen-bond donors (Lipinski definition) is 2. The monoisotopic (exact) mass is 260 g/mol. The number of nitrogens with one attached hydrogen (secondary N) is 1. The van der Waals surface area contributed by atoms with Crippen molar-refractivity contribution in [3.63, 3.8) is 0 Å². The van der Waals surface area contributed by atoms with Gasteiger partial charge >= 0.3 is 0 Å². The van der Waals surface area contributed by atoms with Gasteiger partial charge in [-0.25, -0.2) is 13.2 Å². The lowest BCUT2D eigenvalue weighted by Crippen LogP contribution is -2.31. The maximum Gasteiger partial charge on any atom is 0.226 e. The minimum absolute atomic E-state index is 0.0178. The number of halogens is 3. The Labute approximate surface area is 103 Å². The number of amides is 1. The van der Waals surface area contributed by atoms with E-state index >= 15 is 0 Å². The van der Waals surface area contributed by atoms with Gasteiger partial charge in [0.2, 0.25) is 5.91 Å². The molecule has 0 fully saturated rings. The molecule has 3 N–H and O–H groups in total. The van der Waals surface area contributed by atoms with E-state index in [4.69, 9.17) is 5.73 Å². The lowest BCUT2D eigenvalue weighted by Gasteiger charge is -2.15. The molecule has 0 spiro atoms. The lowest BCUT2D eigenvalue weighted by molar-refractivity contribution is -0.116. The molecular formula is C12H15F3N2O. The van der Waals surface area contributed by atoms with E-state index < -0.39 is 29.0 Å². The summed E-state index contributed by atoms with van der Waals surface area (Å²) in [5.74, 6) is -4.00. The molecule has 18 heavy (non-hydrogen) atoms. The zero-order valence-electron chi connectivity index (χ0n) is 10.1. The third kappa shape index (κ3) is 3.73. The summed E-state index contributed by atoms with van der Waals surface area (Å²) in [5.41, 5.74) is 5.28. The van der Waals surface area contributed by atoms with Gasteiger partial charge in [0.15, 0.2) is 11.6 Å². The van der Waals surface area contributed by atoms with Crippen LogP contribution in [-0.2, 0) is 4.79 Å². The predicted octanol–water partition coefficient (Wildman–Crippen LogP) is 2.42. The van der Waals surface area contributed by atoms with E-state index in [-0.39, 0.29) is 18.4 Å². The number of hydrogen-bond acceptors (Lipinski definition) is 2. The average molecular weight is 260 g/mol. The fourth-order valence-electron chi connectivity index (χ4n) is 1.27. The Bertz CT molecular complexity index is 449. The van der Waals surface area contributed by atoms with E-state index in [1.54, 1.807) is 0 Å². The van der Waals surface area contributed by atoms with E-state index in [9.17, 15) is 18.0 Å². The quantitative estimate of drug-likeness (QED) is 0.817. The highest BCUT2D eigenvalue weighted by Gasteiger charge is 2.16. The number of carbonyl (C=O) groups is 1. The largest absolute Gasteiger partial charge is 0.327 e. The van der Waals surface area contributed by atoms with E-state index in [1.165, 1.54) is 0 Å². The van der Waals surface area contributed by atoms with Crippen molar-refractivity contribution in [1.82, 2.24) is 0 Å². The molecule has 0 aromatic heterocycles. The van der Waals surface area contributed by atoms with Gasteiger partial charge in [-0.3, -0.25) is 4.79 Å². The average Bonchev–Trinajstić information content (AvgIpc) is 2.25. The van der Waals surface area contributed by atoms with Crippen LogP contribution in [0.2, 0.25) is 0 Å². The Morgan fingerprint density at radius 1 is 1.22 bits per heavy atom. The molecule has 1 unspecified atom stereocenters. The normalized spacial score (nSPS) is 12.6. The fourth-order valence-corrected chi connectivity index (χ4v) is 1.27. The summed E-state index contributed by atoms with van der Waals surface area (Å²) in [7, 11) is 0. The predicted molar refractivity (Wildman–Crippen MR) is 62.4 cm³/mol. The van der Waals surface area contributed by atoms with E-state index in [0.29, 0.717) is 12.1 Å². The molecule has 0 bridgehead atoms. The van der Waals surface area contributed by atoms with E-state index in [0.717, 1.165) is 0 Å². The minimum Gasteiger partial charge on any atom is -0.327 e. The highest BCUT2D eigenvalue weighted by Crippen LogP contribution is 2.18. The molecule has 1 rings (SSSR count).